The Bertz CT molecular complexity index is 154. The van der Waals surface area contributed by atoms with Crippen molar-refractivity contribution < 1.29 is 0 Å². The number of thioether (sulfide) groups is 2. The molecule has 2 aliphatic rings. The van der Waals surface area contributed by atoms with Gasteiger partial charge in [0.15, 0.2) is 0 Å². The molecule has 0 aromatic heterocycles. The first-order valence-electron chi connectivity index (χ1n) is 5.30. The van der Waals surface area contributed by atoms with Gasteiger partial charge >= 0.3 is 0 Å². The number of nitrogens with one attached hydrogen (secondary N) is 1. The van der Waals surface area contributed by atoms with Crippen LogP contribution in [-0.2, 0) is 0 Å². The van der Waals surface area contributed by atoms with Gasteiger partial charge in [0.05, 0.1) is 0 Å². The molecule has 1 nitrogen and oxygen atoms in total. The van der Waals surface area contributed by atoms with E-state index in [4.69, 9.17) is 0 Å². The van der Waals surface area contributed by atoms with Crippen LogP contribution in [0.5, 0.6) is 0 Å². The first-order valence-corrected chi connectivity index (χ1v) is 7.50. The minimum Gasteiger partial charge on any atom is -0.310 e. The van der Waals surface area contributed by atoms with Crippen molar-refractivity contribution in [3.63, 3.8) is 0 Å². The first-order chi connectivity index (χ1) is 6.34. The van der Waals surface area contributed by atoms with Crippen LogP contribution in [0.25, 0.3) is 0 Å². The van der Waals surface area contributed by atoms with Crippen LogP contribution in [0.4, 0.5) is 0 Å². The Balaban J connectivity index is 1.71. The van der Waals surface area contributed by atoms with Crippen LogP contribution in [0.1, 0.15) is 26.2 Å². The van der Waals surface area contributed by atoms with Gasteiger partial charge in [0.1, 0.15) is 0 Å². The van der Waals surface area contributed by atoms with E-state index < -0.39 is 0 Å². The molecule has 2 aliphatic heterocycles. The van der Waals surface area contributed by atoms with Crippen molar-refractivity contribution in [1.82, 2.24) is 5.32 Å². The van der Waals surface area contributed by atoms with Gasteiger partial charge in [-0.3, -0.25) is 0 Å². The van der Waals surface area contributed by atoms with E-state index in [2.05, 4.69) is 35.8 Å². The highest BCUT2D eigenvalue weighted by Crippen LogP contribution is 2.27. The van der Waals surface area contributed by atoms with Gasteiger partial charge in [0.25, 0.3) is 0 Å². The predicted octanol–water partition coefficient (Wildman–Crippen LogP) is 2.37. The van der Waals surface area contributed by atoms with Crippen LogP contribution in [0.15, 0.2) is 0 Å². The molecule has 2 heterocycles. The topological polar surface area (TPSA) is 12.0 Å². The van der Waals surface area contributed by atoms with Crippen LogP contribution in [0, 0.1) is 0 Å². The normalized spacial score (nSPS) is 36.7. The van der Waals surface area contributed by atoms with Crippen LogP contribution in [0.3, 0.4) is 0 Å². The molecule has 13 heavy (non-hydrogen) atoms. The maximum absolute atomic E-state index is 3.81. The molecule has 0 aromatic carbocycles. The SMILES string of the molecule is CC1CC(NC2CCSCC2)CS1. The van der Waals surface area contributed by atoms with Crippen molar-refractivity contribution >= 4 is 23.5 Å². The quantitative estimate of drug-likeness (QED) is 0.763. The predicted molar refractivity (Wildman–Crippen MR) is 63.8 cm³/mol. The van der Waals surface area contributed by atoms with Crippen molar-refractivity contribution in [2.75, 3.05) is 17.3 Å². The maximum Gasteiger partial charge on any atom is 0.0171 e. The Kier molecular flexibility index (Phi) is 3.87. The lowest BCUT2D eigenvalue weighted by molar-refractivity contribution is 0.420. The fourth-order valence-electron chi connectivity index (χ4n) is 2.13. The summed E-state index contributed by atoms with van der Waals surface area (Å²) >= 11 is 4.24. The number of hydrogen-bond donors (Lipinski definition) is 1. The van der Waals surface area contributed by atoms with Gasteiger partial charge in [0.2, 0.25) is 0 Å². The molecule has 0 saturated carbocycles. The molecule has 2 rings (SSSR count). The maximum atomic E-state index is 3.81. The third kappa shape index (κ3) is 3.07. The summed E-state index contributed by atoms with van der Waals surface area (Å²) in [5.41, 5.74) is 0. The van der Waals surface area contributed by atoms with Gasteiger partial charge in [0, 0.05) is 23.1 Å². The highest BCUT2D eigenvalue weighted by Gasteiger charge is 2.24. The zero-order valence-corrected chi connectivity index (χ0v) is 9.92. The largest absolute Gasteiger partial charge is 0.310 e. The van der Waals surface area contributed by atoms with E-state index in [-0.39, 0.29) is 0 Å². The summed E-state index contributed by atoms with van der Waals surface area (Å²) in [5, 5.41) is 4.70. The second-order valence-electron chi connectivity index (χ2n) is 4.13. The zero-order valence-electron chi connectivity index (χ0n) is 8.29. The molecule has 0 radical (unpaired) electrons. The summed E-state index contributed by atoms with van der Waals surface area (Å²) in [6.45, 7) is 2.35. The van der Waals surface area contributed by atoms with Crippen molar-refractivity contribution in [2.24, 2.45) is 0 Å². The van der Waals surface area contributed by atoms with E-state index in [9.17, 15) is 0 Å². The zero-order chi connectivity index (χ0) is 9.10. The lowest BCUT2D eigenvalue weighted by Gasteiger charge is -2.25. The monoisotopic (exact) mass is 217 g/mol. The molecule has 0 bridgehead atoms. The van der Waals surface area contributed by atoms with Crippen molar-refractivity contribution in [3.8, 4) is 0 Å². The van der Waals surface area contributed by atoms with E-state index in [1.54, 1.807) is 0 Å². The molecule has 0 amide bonds. The summed E-state index contributed by atoms with van der Waals surface area (Å²) in [6, 6.07) is 1.64. The minimum atomic E-state index is 0.813. The summed E-state index contributed by atoms with van der Waals surface area (Å²) in [6.07, 6.45) is 4.16. The Hall–Kier alpha value is 0.660. The average molecular weight is 217 g/mol. The molecule has 2 unspecified atom stereocenters. The highest BCUT2D eigenvalue weighted by molar-refractivity contribution is 8.00. The molecule has 2 saturated heterocycles. The summed E-state index contributed by atoms with van der Waals surface area (Å²) in [7, 11) is 0. The molecule has 0 aromatic rings. The third-order valence-corrected chi connectivity index (χ3v) is 5.30. The lowest BCUT2D eigenvalue weighted by Crippen LogP contribution is -2.40. The summed E-state index contributed by atoms with van der Waals surface area (Å²) in [5.74, 6) is 4.07. The first kappa shape index (κ1) is 10.2. The second kappa shape index (κ2) is 4.94. The van der Waals surface area contributed by atoms with Gasteiger partial charge in [-0.25, -0.2) is 0 Å². The molecule has 0 spiro atoms. The van der Waals surface area contributed by atoms with E-state index in [1.807, 2.05) is 0 Å². The Labute approximate surface area is 89.8 Å². The van der Waals surface area contributed by atoms with Crippen LogP contribution < -0.4 is 5.32 Å². The molecular weight excluding hydrogens is 198 g/mol. The van der Waals surface area contributed by atoms with Crippen molar-refractivity contribution in [3.05, 3.63) is 0 Å². The van der Waals surface area contributed by atoms with E-state index in [0.717, 1.165) is 17.3 Å². The average Bonchev–Trinajstić information content (AvgIpc) is 2.53. The molecule has 2 fully saturated rings. The Morgan fingerprint density at radius 1 is 1.15 bits per heavy atom. The van der Waals surface area contributed by atoms with Crippen molar-refractivity contribution in [1.29, 1.82) is 0 Å². The summed E-state index contributed by atoms with van der Waals surface area (Å²) in [4.78, 5) is 0. The standard InChI is InChI=1S/C10H19NS2/c1-8-6-10(7-13-8)11-9-2-4-12-5-3-9/h8-11H,2-7H2,1H3. The third-order valence-electron chi connectivity index (χ3n) is 2.89. The lowest BCUT2D eigenvalue weighted by atomic mass is 10.1. The van der Waals surface area contributed by atoms with Gasteiger partial charge in [-0.2, -0.15) is 23.5 Å². The Morgan fingerprint density at radius 2 is 1.92 bits per heavy atom. The van der Waals surface area contributed by atoms with E-state index in [1.165, 1.54) is 36.5 Å². The number of hydrogen-bond acceptors (Lipinski definition) is 3. The molecule has 0 aliphatic carbocycles. The molecular formula is C10H19NS2. The van der Waals surface area contributed by atoms with Crippen molar-refractivity contribution in [2.45, 2.75) is 43.5 Å². The fraction of sp³-hybridized carbons (Fsp3) is 1.00. The van der Waals surface area contributed by atoms with Gasteiger partial charge < -0.3 is 5.32 Å². The van der Waals surface area contributed by atoms with Gasteiger partial charge in [-0.05, 0) is 30.8 Å². The highest BCUT2D eigenvalue weighted by atomic mass is 32.2. The minimum absolute atomic E-state index is 0.813. The molecule has 2 atom stereocenters. The Morgan fingerprint density at radius 3 is 2.54 bits per heavy atom. The van der Waals surface area contributed by atoms with E-state index >= 15 is 0 Å². The molecule has 1 N–H and O–H groups in total. The van der Waals surface area contributed by atoms with Crippen LogP contribution in [0.2, 0.25) is 0 Å². The smallest absolute Gasteiger partial charge is 0.0171 e. The van der Waals surface area contributed by atoms with Crippen LogP contribution >= 0.6 is 23.5 Å². The van der Waals surface area contributed by atoms with E-state index in [0.29, 0.717) is 0 Å². The summed E-state index contributed by atoms with van der Waals surface area (Å²) < 4.78 is 0. The number of rotatable bonds is 2. The van der Waals surface area contributed by atoms with Gasteiger partial charge in [-0.1, -0.05) is 6.92 Å². The fourth-order valence-corrected chi connectivity index (χ4v) is 4.40. The second-order valence-corrected chi connectivity index (χ2v) is 6.83. The van der Waals surface area contributed by atoms with Crippen LogP contribution in [-0.4, -0.2) is 34.6 Å². The van der Waals surface area contributed by atoms with Gasteiger partial charge in [-0.15, -0.1) is 0 Å². The molecule has 76 valence electrons. The molecule has 3 heteroatoms.